The zero-order chi connectivity index (χ0) is 25.7. The van der Waals surface area contributed by atoms with Crippen LogP contribution >= 0.6 is 11.8 Å². The molecule has 1 unspecified atom stereocenters. The molecule has 1 aliphatic rings. The number of nitrogens with zero attached hydrogens (tertiary/aromatic N) is 4. The maximum atomic E-state index is 13.2. The van der Waals surface area contributed by atoms with Crippen LogP contribution < -0.4 is 10.6 Å². The first-order valence-electron chi connectivity index (χ1n) is 10.7. The number of hydrogen-bond donors (Lipinski definition) is 1. The molecule has 1 aromatic heterocycles. The van der Waals surface area contributed by atoms with Gasteiger partial charge in [-0.2, -0.15) is 5.26 Å². The van der Waals surface area contributed by atoms with Gasteiger partial charge in [-0.15, -0.1) is 0 Å². The van der Waals surface area contributed by atoms with Gasteiger partial charge in [0.05, 0.1) is 43.0 Å². The summed E-state index contributed by atoms with van der Waals surface area (Å²) in [6.07, 6.45) is 3.22. The fraction of sp³-hybridized carbons (Fsp3) is 0.115. The van der Waals surface area contributed by atoms with E-state index >= 15 is 0 Å². The van der Waals surface area contributed by atoms with Gasteiger partial charge in [0.15, 0.2) is 5.16 Å². The van der Waals surface area contributed by atoms with Gasteiger partial charge in [0.1, 0.15) is 11.5 Å². The lowest BCUT2D eigenvalue weighted by Gasteiger charge is -2.36. The number of ether oxygens (including phenoxy) is 2. The number of nitriles is 1. The number of hydrogen-bond acceptors (Lipinski definition) is 10. The van der Waals surface area contributed by atoms with E-state index in [9.17, 15) is 14.9 Å². The third-order valence-electron chi connectivity index (χ3n) is 5.46. The minimum absolute atomic E-state index is 0.0126. The highest BCUT2D eigenvalue weighted by molar-refractivity contribution is 7.99. The molecule has 0 amide bonds. The third-order valence-corrected chi connectivity index (χ3v) is 6.42. The van der Waals surface area contributed by atoms with E-state index in [1.165, 1.54) is 30.9 Å². The minimum Gasteiger partial charge on any atom is -0.466 e. The molecular weight excluding hydrogens is 478 g/mol. The Kier molecular flexibility index (Phi) is 7.32. The van der Waals surface area contributed by atoms with Crippen molar-refractivity contribution in [3.05, 3.63) is 101 Å². The molecule has 2 N–H and O–H groups in total. The van der Waals surface area contributed by atoms with Crippen LogP contribution in [-0.2, 0) is 19.1 Å². The van der Waals surface area contributed by atoms with Gasteiger partial charge in [0.25, 0.3) is 0 Å². The summed E-state index contributed by atoms with van der Waals surface area (Å²) in [6, 6.07) is 19.8. The third kappa shape index (κ3) is 4.52. The van der Waals surface area contributed by atoms with Crippen LogP contribution in [0.25, 0.3) is 0 Å². The number of esters is 2. The van der Waals surface area contributed by atoms with Crippen molar-refractivity contribution in [3.8, 4) is 6.07 Å². The van der Waals surface area contributed by atoms with E-state index in [-0.39, 0.29) is 22.7 Å². The molecule has 0 radical (unpaired) electrons. The molecule has 0 bridgehead atoms. The van der Waals surface area contributed by atoms with Crippen molar-refractivity contribution in [2.75, 3.05) is 19.1 Å². The first-order valence-corrected chi connectivity index (χ1v) is 11.5. The Morgan fingerprint density at radius 2 is 1.61 bits per heavy atom. The second-order valence-electron chi connectivity index (χ2n) is 7.44. The van der Waals surface area contributed by atoms with Crippen LogP contribution in [0.5, 0.6) is 0 Å². The van der Waals surface area contributed by atoms with Crippen LogP contribution in [0.1, 0.15) is 11.5 Å². The number of methoxy groups -OCH3 is 2. The number of carbonyl (C=O) groups excluding carboxylic acids is 2. The first-order chi connectivity index (χ1) is 17.5. The van der Waals surface area contributed by atoms with E-state index in [0.29, 0.717) is 21.3 Å². The molecule has 0 aliphatic carbocycles. The van der Waals surface area contributed by atoms with Crippen LogP contribution in [0.15, 0.2) is 106 Å². The molecule has 0 saturated carbocycles. The normalized spacial score (nSPS) is 15.4. The van der Waals surface area contributed by atoms with Crippen LogP contribution in [0.4, 0.5) is 5.69 Å². The summed E-state index contributed by atoms with van der Waals surface area (Å²) >= 11 is 1.24. The zero-order valence-corrected chi connectivity index (χ0v) is 20.2. The predicted molar refractivity (Wildman–Crippen MR) is 132 cm³/mol. The Labute approximate surface area is 211 Å². The van der Waals surface area contributed by atoms with E-state index in [1.807, 2.05) is 0 Å². The van der Waals surface area contributed by atoms with E-state index in [1.54, 1.807) is 73.1 Å². The van der Waals surface area contributed by atoms with Gasteiger partial charge >= 0.3 is 11.9 Å². The fourth-order valence-corrected chi connectivity index (χ4v) is 4.76. The number of rotatable bonds is 6. The van der Waals surface area contributed by atoms with Crippen molar-refractivity contribution in [2.45, 2.75) is 16.0 Å². The summed E-state index contributed by atoms with van der Waals surface area (Å²) in [5, 5.41) is 10.6. The summed E-state index contributed by atoms with van der Waals surface area (Å²) in [5.74, 6) is -2.55. The molecule has 4 rings (SSSR count). The number of allylic oxidation sites excluding steroid dienone is 1. The van der Waals surface area contributed by atoms with Crippen LogP contribution in [-0.4, -0.2) is 36.1 Å². The number of carbonyl (C=O) groups is 2. The smallest absolute Gasteiger partial charge is 0.355 e. The van der Waals surface area contributed by atoms with Crippen molar-refractivity contribution < 1.29 is 19.1 Å². The Balaban J connectivity index is 2.01. The van der Waals surface area contributed by atoms with Crippen molar-refractivity contribution in [1.29, 1.82) is 5.26 Å². The average molecular weight is 500 g/mol. The summed E-state index contributed by atoms with van der Waals surface area (Å²) in [5.41, 5.74) is 7.51. The molecular formula is C26H21N5O4S. The quantitative estimate of drug-likeness (QED) is 0.397. The lowest BCUT2D eigenvalue weighted by atomic mass is 9.81. The first kappa shape index (κ1) is 24.5. The highest BCUT2D eigenvalue weighted by Crippen LogP contribution is 2.45. The summed E-state index contributed by atoms with van der Waals surface area (Å²) < 4.78 is 10.2. The molecule has 1 aliphatic heterocycles. The van der Waals surface area contributed by atoms with Gasteiger partial charge in [-0.1, -0.05) is 42.5 Å². The second-order valence-corrected chi connectivity index (χ2v) is 8.45. The SMILES string of the molecule is COC(=O)C1=C(C(=O)OC)N(c2ccccc2Sc2ncccn2)C(N)=C(C#N)C1c1ccccc1. The summed E-state index contributed by atoms with van der Waals surface area (Å²) in [7, 11) is 2.42. The monoisotopic (exact) mass is 499 g/mol. The van der Waals surface area contributed by atoms with E-state index in [0.717, 1.165) is 0 Å². The predicted octanol–water partition coefficient (Wildman–Crippen LogP) is 3.53. The summed E-state index contributed by atoms with van der Waals surface area (Å²) in [6.45, 7) is 0. The number of anilines is 1. The maximum Gasteiger partial charge on any atom is 0.355 e. The number of para-hydroxylation sites is 1. The van der Waals surface area contributed by atoms with Gasteiger partial charge in [0.2, 0.25) is 0 Å². The lowest BCUT2D eigenvalue weighted by Crippen LogP contribution is -2.41. The van der Waals surface area contributed by atoms with E-state index in [4.69, 9.17) is 15.2 Å². The van der Waals surface area contributed by atoms with E-state index < -0.39 is 17.9 Å². The fourth-order valence-electron chi connectivity index (χ4n) is 3.93. The van der Waals surface area contributed by atoms with Gasteiger partial charge in [-0.25, -0.2) is 19.6 Å². The van der Waals surface area contributed by atoms with E-state index in [2.05, 4.69) is 16.0 Å². The second kappa shape index (κ2) is 10.8. The van der Waals surface area contributed by atoms with Crippen molar-refractivity contribution in [1.82, 2.24) is 9.97 Å². The topological polar surface area (TPSA) is 131 Å². The molecule has 2 heterocycles. The van der Waals surface area contributed by atoms with Crippen LogP contribution in [0.2, 0.25) is 0 Å². The van der Waals surface area contributed by atoms with Gasteiger partial charge in [-0.3, -0.25) is 4.90 Å². The van der Waals surface area contributed by atoms with Gasteiger partial charge in [-0.05, 0) is 35.5 Å². The molecule has 2 aromatic carbocycles. The Morgan fingerprint density at radius 1 is 0.972 bits per heavy atom. The molecule has 0 saturated heterocycles. The van der Waals surface area contributed by atoms with Crippen molar-refractivity contribution in [2.24, 2.45) is 5.73 Å². The Bertz CT molecular complexity index is 1400. The zero-order valence-electron chi connectivity index (χ0n) is 19.4. The van der Waals surface area contributed by atoms with Gasteiger partial charge in [0, 0.05) is 17.3 Å². The number of aromatic nitrogens is 2. The van der Waals surface area contributed by atoms with Crippen molar-refractivity contribution >= 4 is 29.4 Å². The van der Waals surface area contributed by atoms with Gasteiger partial charge < -0.3 is 15.2 Å². The van der Waals surface area contributed by atoms with Crippen LogP contribution in [0, 0.1) is 11.3 Å². The highest BCUT2D eigenvalue weighted by Gasteiger charge is 2.43. The Hall–Kier alpha value is -4.62. The minimum atomic E-state index is -0.939. The van der Waals surface area contributed by atoms with Crippen LogP contribution in [0.3, 0.4) is 0 Å². The molecule has 36 heavy (non-hydrogen) atoms. The average Bonchev–Trinajstić information content (AvgIpc) is 2.93. The molecule has 0 fully saturated rings. The standard InChI is InChI=1S/C26H21N5O4S/c1-34-24(32)21-20(16-9-4-3-5-10-16)17(15-27)23(28)31(22(21)25(33)35-2)18-11-6-7-12-19(18)36-26-29-13-8-14-30-26/h3-14,20H,28H2,1-2H3. The van der Waals surface area contributed by atoms with Crippen molar-refractivity contribution in [3.63, 3.8) is 0 Å². The molecule has 3 aromatic rings. The highest BCUT2D eigenvalue weighted by atomic mass is 32.2. The Morgan fingerprint density at radius 3 is 2.25 bits per heavy atom. The largest absolute Gasteiger partial charge is 0.466 e. The molecule has 9 nitrogen and oxygen atoms in total. The molecule has 10 heteroatoms. The number of nitrogens with two attached hydrogens (primary N) is 1. The molecule has 0 spiro atoms. The maximum absolute atomic E-state index is 13.2. The molecule has 1 atom stereocenters. The summed E-state index contributed by atoms with van der Waals surface area (Å²) in [4.78, 5) is 36.9. The lowest BCUT2D eigenvalue weighted by molar-refractivity contribution is -0.139. The number of benzene rings is 2. The molecule has 180 valence electrons.